The minimum atomic E-state index is -5.04. The summed E-state index contributed by atoms with van der Waals surface area (Å²) in [5, 5.41) is 13.0. The number of carbonyl (C=O) groups excluding carboxylic acids is 1. The fourth-order valence-corrected chi connectivity index (χ4v) is 2.98. The Morgan fingerprint density at radius 2 is 2.07 bits per heavy atom. The van der Waals surface area contributed by atoms with E-state index in [-0.39, 0.29) is 24.7 Å². The molecule has 1 aromatic carbocycles. The molecule has 3 rings (SSSR count). The minimum absolute atomic E-state index is 0.0471. The Hall–Kier alpha value is -3.15. The maximum absolute atomic E-state index is 13.9. The summed E-state index contributed by atoms with van der Waals surface area (Å²) in [4.78, 5) is 26.4. The number of methoxy groups -OCH3 is 1. The van der Waals surface area contributed by atoms with Gasteiger partial charge < -0.3 is 24.9 Å². The van der Waals surface area contributed by atoms with Gasteiger partial charge in [-0.2, -0.15) is 13.2 Å². The number of ether oxygens (including phenoxy) is 2. The Kier molecular flexibility index (Phi) is 4.98. The van der Waals surface area contributed by atoms with E-state index in [0.29, 0.717) is 0 Å². The summed E-state index contributed by atoms with van der Waals surface area (Å²) < 4.78 is 52.8. The van der Waals surface area contributed by atoms with Crippen molar-refractivity contribution in [2.45, 2.75) is 24.4 Å². The lowest BCUT2D eigenvalue weighted by molar-refractivity contribution is -0.389. The molecule has 150 valence electrons. The van der Waals surface area contributed by atoms with E-state index in [1.807, 2.05) is 0 Å². The van der Waals surface area contributed by atoms with Crippen LogP contribution in [0.5, 0.6) is 6.01 Å². The third kappa shape index (κ3) is 3.26. The number of hydrogen-bond donors (Lipinski definition) is 1. The van der Waals surface area contributed by atoms with Gasteiger partial charge in [-0.05, 0) is 4.92 Å². The molecule has 1 amide bonds. The monoisotopic (exact) mass is 400 g/mol. The molecule has 2 aromatic rings. The lowest BCUT2D eigenvalue weighted by Gasteiger charge is -2.35. The summed E-state index contributed by atoms with van der Waals surface area (Å²) in [6, 6.07) is 5.60. The van der Waals surface area contributed by atoms with Crippen molar-refractivity contribution < 1.29 is 32.4 Å². The van der Waals surface area contributed by atoms with Crippen molar-refractivity contribution in [1.29, 1.82) is 0 Å². The summed E-state index contributed by atoms with van der Waals surface area (Å²) >= 11 is 0. The molecule has 0 bridgehead atoms. The highest BCUT2D eigenvalue weighted by Gasteiger charge is 2.62. The molecular formula is C16H15F3N4O5. The van der Waals surface area contributed by atoms with Crippen LogP contribution in [0.3, 0.4) is 0 Å². The van der Waals surface area contributed by atoms with E-state index in [0.717, 1.165) is 25.4 Å². The van der Waals surface area contributed by atoms with Crippen LogP contribution >= 0.6 is 0 Å². The smallest absolute Gasteiger partial charge is 0.430 e. The SMILES string of the molecule is COC(C(=O)N[C@@H]1COc2nc([N+](=O)[O-])cn2C1)(c1ccccc1)C(F)(F)F. The molecule has 0 saturated heterocycles. The third-order valence-electron chi connectivity index (χ3n) is 4.29. The van der Waals surface area contributed by atoms with E-state index < -0.39 is 34.5 Å². The number of fused-ring (bicyclic) bond motifs is 1. The zero-order valence-corrected chi connectivity index (χ0v) is 14.5. The van der Waals surface area contributed by atoms with Crippen molar-refractivity contribution in [3.63, 3.8) is 0 Å². The third-order valence-corrected chi connectivity index (χ3v) is 4.29. The second kappa shape index (κ2) is 7.11. The summed E-state index contributed by atoms with van der Waals surface area (Å²) in [5.41, 5.74) is -3.59. The van der Waals surface area contributed by atoms with Crippen molar-refractivity contribution in [3.8, 4) is 6.01 Å². The summed E-state index contributed by atoms with van der Waals surface area (Å²) in [6.45, 7) is -0.249. The first kappa shape index (κ1) is 19.6. The standard InChI is InChI=1S/C16H15F3N4O5/c1-27-15(16(17,18)19,10-5-3-2-4-6-10)13(24)20-11-7-22-8-12(23(25)26)21-14(22)28-9-11/h2-6,8,11H,7,9H2,1H3,(H,20,24)/t11-,15?/m0/s1. The van der Waals surface area contributed by atoms with E-state index in [1.54, 1.807) is 0 Å². The number of amides is 1. The predicted molar refractivity (Wildman–Crippen MR) is 87.5 cm³/mol. The van der Waals surface area contributed by atoms with Gasteiger partial charge in [-0.15, -0.1) is 0 Å². The number of nitro groups is 1. The van der Waals surface area contributed by atoms with Crippen LogP contribution in [0.4, 0.5) is 19.0 Å². The summed E-state index contributed by atoms with van der Waals surface area (Å²) in [7, 11) is 0.800. The molecule has 0 aliphatic carbocycles. The van der Waals surface area contributed by atoms with E-state index in [1.165, 1.54) is 22.8 Å². The Morgan fingerprint density at radius 1 is 1.39 bits per heavy atom. The zero-order valence-electron chi connectivity index (χ0n) is 14.5. The molecule has 0 spiro atoms. The summed E-state index contributed by atoms with van der Waals surface area (Å²) in [6.07, 6.45) is -3.96. The predicted octanol–water partition coefficient (Wildman–Crippen LogP) is 1.77. The number of alkyl halides is 3. The van der Waals surface area contributed by atoms with E-state index in [9.17, 15) is 28.1 Å². The average molecular weight is 400 g/mol. The number of aromatic nitrogens is 2. The molecule has 1 N–H and O–H groups in total. The molecule has 0 fully saturated rings. The first-order valence-corrected chi connectivity index (χ1v) is 8.01. The number of carbonyl (C=O) groups is 1. The number of halogens is 3. The molecule has 2 heterocycles. The van der Waals surface area contributed by atoms with Gasteiger partial charge in [-0.3, -0.25) is 9.36 Å². The van der Waals surface area contributed by atoms with Gasteiger partial charge in [0.15, 0.2) is 0 Å². The molecule has 28 heavy (non-hydrogen) atoms. The second-order valence-electron chi connectivity index (χ2n) is 6.02. The summed E-state index contributed by atoms with van der Waals surface area (Å²) in [5.74, 6) is -1.88. The van der Waals surface area contributed by atoms with Crippen LogP contribution in [-0.2, 0) is 21.7 Å². The van der Waals surface area contributed by atoms with Gasteiger partial charge in [0.2, 0.25) is 0 Å². The normalized spacial score (nSPS) is 18.5. The van der Waals surface area contributed by atoms with E-state index in [4.69, 9.17) is 9.47 Å². The second-order valence-corrected chi connectivity index (χ2v) is 6.02. The van der Waals surface area contributed by atoms with E-state index >= 15 is 0 Å². The van der Waals surface area contributed by atoms with Gasteiger partial charge in [0.1, 0.15) is 12.8 Å². The fourth-order valence-electron chi connectivity index (χ4n) is 2.98. The van der Waals surface area contributed by atoms with Crippen LogP contribution in [0.2, 0.25) is 0 Å². The number of benzene rings is 1. The Morgan fingerprint density at radius 3 is 2.64 bits per heavy atom. The van der Waals surface area contributed by atoms with Gasteiger partial charge in [0.25, 0.3) is 11.5 Å². The fraction of sp³-hybridized carbons (Fsp3) is 0.375. The molecule has 1 aliphatic rings. The Balaban J connectivity index is 1.86. The molecule has 1 aliphatic heterocycles. The molecule has 2 atom stereocenters. The molecule has 1 unspecified atom stereocenters. The van der Waals surface area contributed by atoms with Crippen molar-refractivity contribution in [1.82, 2.24) is 14.9 Å². The number of nitrogens with one attached hydrogen (secondary N) is 1. The molecule has 0 radical (unpaired) electrons. The molecular weight excluding hydrogens is 385 g/mol. The maximum Gasteiger partial charge on any atom is 0.430 e. The van der Waals surface area contributed by atoms with Crippen LogP contribution in [0, 0.1) is 10.1 Å². The quantitative estimate of drug-likeness (QED) is 0.605. The number of hydrogen-bond acceptors (Lipinski definition) is 6. The van der Waals surface area contributed by atoms with Gasteiger partial charge in [-0.1, -0.05) is 30.3 Å². The number of rotatable bonds is 5. The van der Waals surface area contributed by atoms with Gasteiger partial charge in [0, 0.05) is 17.7 Å². The van der Waals surface area contributed by atoms with Crippen molar-refractivity contribution in [2.24, 2.45) is 0 Å². The van der Waals surface area contributed by atoms with Crippen molar-refractivity contribution in [3.05, 3.63) is 52.2 Å². The molecule has 9 nitrogen and oxygen atoms in total. The van der Waals surface area contributed by atoms with Crippen molar-refractivity contribution >= 4 is 11.7 Å². The maximum atomic E-state index is 13.9. The number of imidazole rings is 1. The average Bonchev–Trinajstić information content (AvgIpc) is 3.06. The van der Waals surface area contributed by atoms with Crippen molar-refractivity contribution in [2.75, 3.05) is 13.7 Å². The Bertz CT molecular complexity index is 886. The topological polar surface area (TPSA) is 109 Å². The highest BCUT2D eigenvalue weighted by atomic mass is 19.4. The van der Waals surface area contributed by atoms with Gasteiger partial charge in [0.05, 0.1) is 12.6 Å². The van der Waals surface area contributed by atoms with Crippen LogP contribution in [0.1, 0.15) is 5.56 Å². The lowest BCUT2D eigenvalue weighted by atomic mass is 9.91. The van der Waals surface area contributed by atoms with E-state index in [2.05, 4.69) is 10.3 Å². The highest BCUT2D eigenvalue weighted by Crippen LogP contribution is 2.42. The zero-order chi connectivity index (χ0) is 20.5. The van der Waals surface area contributed by atoms with Gasteiger partial charge in [-0.25, -0.2) is 0 Å². The van der Waals surface area contributed by atoms with Crippen LogP contribution < -0.4 is 10.1 Å². The largest absolute Gasteiger partial charge is 0.444 e. The van der Waals surface area contributed by atoms with Gasteiger partial charge >= 0.3 is 18.0 Å². The molecule has 0 saturated carbocycles. The van der Waals surface area contributed by atoms with Crippen LogP contribution in [-0.4, -0.2) is 46.3 Å². The van der Waals surface area contributed by atoms with Crippen LogP contribution in [0.25, 0.3) is 0 Å². The molecule has 12 heteroatoms. The number of nitrogens with zero attached hydrogens (tertiary/aromatic N) is 3. The highest BCUT2D eigenvalue weighted by molar-refractivity contribution is 5.88. The molecule has 1 aromatic heterocycles. The Labute approximate surface area is 156 Å². The first-order chi connectivity index (χ1) is 13.2. The lowest BCUT2D eigenvalue weighted by Crippen LogP contribution is -2.59. The minimum Gasteiger partial charge on any atom is -0.444 e. The van der Waals surface area contributed by atoms with Crippen LogP contribution in [0.15, 0.2) is 36.5 Å². The first-order valence-electron chi connectivity index (χ1n) is 8.01.